The molecular weight excluding hydrogens is 228 g/mol. The second-order valence-corrected chi connectivity index (χ2v) is 5.69. The summed E-state index contributed by atoms with van der Waals surface area (Å²) in [7, 11) is 0. The average Bonchev–Trinajstić information content (AvgIpc) is 3.13. The SMILES string of the molecule is CCc1nc(-c2ccc(C3CC3)cc2)c(N)s1. The zero-order valence-electron chi connectivity index (χ0n) is 9.94. The number of rotatable bonds is 3. The number of hydrogen-bond donors (Lipinski definition) is 1. The Hall–Kier alpha value is -1.35. The van der Waals surface area contributed by atoms with Gasteiger partial charge in [0.2, 0.25) is 0 Å². The monoisotopic (exact) mass is 244 g/mol. The van der Waals surface area contributed by atoms with Crippen LogP contribution in [0.1, 0.15) is 36.3 Å². The molecule has 1 aromatic heterocycles. The van der Waals surface area contributed by atoms with Crippen LogP contribution in [0.3, 0.4) is 0 Å². The van der Waals surface area contributed by atoms with E-state index in [4.69, 9.17) is 5.73 Å². The predicted molar refractivity (Wildman–Crippen MR) is 73.3 cm³/mol. The van der Waals surface area contributed by atoms with Crippen molar-refractivity contribution >= 4 is 16.3 Å². The highest BCUT2D eigenvalue weighted by Crippen LogP contribution is 2.41. The number of benzene rings is 1. The van der Waals surface area contributed by atoms with Crippen molar-refractivity contribution in [3.8, 4) is 11.3 Å². The minimum Gasteiger partial charge on any atom is -0.389 e. The number of hydrogen-bond acceptors (Lipinski definition) is 3. The van der Waals surface area contributed by atoms with Crippen molar-refractivity contribution in [2.75, 3.05) is 5.73 Å². The van der Waals surface area contributed by atoms with Crippen LogP contribution in [0.15, 0.2) is 24.3 Å². The molecule has 17 heavy (non-hydrogen) atoms. The van der Waals surface area contributed by atoms with Crippen molar-refractivity contribution in [1.29, 1.82) is 0 Å². The van der Waals surface area contributed by atoms with Gasteiger partial charge in [0.1, 0.15) is 10.7 Å². The fraction of sp³-hybridized carbons (Fsp3) is 0.357. The maximum Gasteiger partial charge on any atom is 0.114 e. The first-order valence-corrected chi connectivity index (χ1v) is 6.95. The first-order chi connectivity index (χ1) is 8.28. The molecule has 3 rings (SSSR count). The van der Waals surface area contributed by atoms with Gasteiger partial charge >= 0.3 is 0 Å². The van der Waals surface area contributed by atoms with Crippen molar-refractivity contribution in [2.24, 2.45) is 0 Å². The highest BCUT2D eigenvalue weighted by molar-refractivity contribution is 7.16. The normalized spacial score (nSPS) is 15.1. The third-order valence-corrected chi connectivity index (χ3v) is 4.26. The van der Waals surface area contributed by atoms with Gasteiger partial charge in [-0.3, -0.25) is 0 Å². The highest BCUT2D eigenvalue weighted by atomic mass is 32.1. The Morgan fingerprint density at radius 3 is 2.53 bits per heavy atom. The van der Waals surface area contributed by atoms with Gasteiger partial charge in [0, 0.05) is 5.56 Å². The summed E-state index contributed by atoms with van der Waals surface area (Å²) in [5, 5.41) is 1.95. The van der Waals surface area contributed by atoms with Gasteiger partial charge < -0.3 is 5.73 Å². The van der Waals surface area contributed by atoms with Gasteiger partial charge in [-0.05, 0) is 30.7 Å². The van der Waals surface area contributed by atoms with E-state index < -0.39 is 0 Å². The van der Waals surface area contributed by atoms with Gasteiger partial charge in [0.25, 0.3) is 0 Å². The predicted octanol–water partition coefficient (Wildman–Crippen LogP) is 3.83. The number of aryl methyl sites for hydroxylation is 1. The summed E-state index contributed by atoms with van der Waals surface area (Å²) < 4.78 is 0. The van der Waals surface area contributed by atoms with Gasteiger partial charge in [-0.2, -0.15) is 0 Å². The number of aromatic nitrogens is 1. The van der Waals surface area contributed by atoms with Gasteiger partial charge in [-0.25, -0.2) is 4.98 Å². The maximum atomic E-state index is 6.02. The van der Waals surface area contributed by atoms with Gasteiger partial charge in [-0.1, -0.05) is 31.2 Å². The van der Waals surface area contributed by atoms with E-state index in [-0.39, 0.29) is 0 Å². The minimum atomic E-state index is 0.808. The van der Waals surface area contributed by atoms with Crippen LogP contribution < -0.4 is 5.73 Å². The first-order valence-electron chi connectivity index (χ1n) is 6.13. The minimum absolute atomic E-state index is 0.808. The topological polar surface area (TPSA) is 38.9 Å². The standard InChI is InChI=1S/C14H16N2S/c1-2-12-16-13(14(15)17-12)11-7-5-10(6-8-11)9-3-4-9/h5-9H,2-4,15H2,1H3. The number of thiazole rings is 1. The molecule has 88 valence electrons. The Morgan fingerprint density at radius 1 is 1.29 bits per heavy atom. The van der Waals surface area contributed by atoms with Crippen molar-refractivity contribution in [2.45, 2.75) is 32.1 Å². The summed E-state index contributed by atoms with van der Waals surface area (Å²) in [6, 6.07) is 8.74. The quantitative estimate of drug-likeness (QED) is 0.891. The lowest BCUT2D eigenvalue weighted by Crippen LogP contribution is -1.87. The second kappa shape index (κ2) is 4.15. The smallest absolute Gasteiger partial charge is 0.114 e. The van der Waals surface area contributed by atoms with E-state index in [9.17, 15) is 0 Å². The molecule has 1 heterocycles. The first kappa shape index (κ1) is 10.8. The molecule has 0 atom stereocenters. The molecular formula is C14H16N2S. The van der Waals surface area contributed by atoms with Crippen LogP contribution in [0.5, 0.6) is 0 Å². The highest BCUT2D eigenvalue weighted by Gasteiger charge is 2.23. The van der Waals surface area contributed by atoms with E-state index in [1.807, 2.05) is 0 Å². The van der Waals surface area contributed by atoms with E-state index >= 15 is 0 Å². The summed E-state index contributed by atoms with van der Waals surface area (Å²) in [5.41, 5.74) is 9.57. The van der Waals surface area contributed by atoms with E-state index in [2.05, 4.69) is 36.2 Å². The molecule has 3 heteroatoms. The fourth-order valence-corrected chi connectivity index (χ4v) is 2.86. The third kappa shape index (κ3) is 2.07. The van der Waals surface area contributed by atoms with Crippen molar-refractivity contribution in [3.05, 3.63) is 34.8 Å². The van der Waals surface area contributed by atoms with Crippen LogP contribution in [0.4, 0.5) is 5.00 Å². The lowest BCUT2D eigenvalue weighted by Gasteiger charge is -2.01. The second-order valence-electron chi connectivity index (χ2n) is 4.57. The molecule has 1 aliphatic rings. The van der Waals surface area contributed by atoms with Crippen molar-refractivity contribution in [1.82, 2.24) is 4.98 Å². The lowest BCUT2D eigenvalue weighted by molar-refractivity contribution is 1.09. The molecule has 0 radical (unpaired) electrons. The Labute approximate surface area is 106 Å². The van der Waals surface area contributed by atoms with Crippen molar-refractivity contribution < 1.29 is 0 Å². The van der Waals surface area contributed by atoms with Gasteiger partial charge in [0.05, 0.1) is 5.01 Å². The van der Waals surface area contributed by atoms with Crippen molar-refractivity contribution in [3.63, 3.8) is 0 Å². The molecule has 1 aromatic carbocycles. The third-order valence-electron chi connectivity index (χ3n) is 3.23. The molecule has 0 aliphatic heterocycles. The van der Waals surface area contributed by atoms with Crippen LogP contribution in [-0.4, -0.2) is 4.98 Å². The summed E-state index contributed by atoms with van der Waals surface area (Å²) in [6.07, 6.45) is 3.64. The summed E-state index contributed by atoms with van der Waals surface area (Å²) in [6.45, 7) is 2.11. The maximum absolute atomic E-state index is 6.02. The Bertz CT molecular complexity index is 524. The molecule has 1 aliphatic carbocycles. The summed E-state index contributed by atoms with van der Waals surface area (Å²) in [4.78, 5) is 4.58. The Kier molecular flexibility index (Phi) is 2.63. The molecule has 2 N–H and O–H groups in total. The molecule has 1 saturated carbocycles. The lowest BCUT2D eigenvalue weighted by atomic mass is 10.1. The Balaban J connectivity index is 1.93. The molecule has 0 bridgehead atoms. The van der Waals surface area contributed by atoms with Gasteiger partial charge in [-0.15, -0.1) is 11.3 Å². The summed E-state index contributed by atoms with van der Waals surface area (Å²) >= 11 is 1.60. The molecule has 1 fully saturated rings. The largest absolute Gasteiger partial charge is 0.389 e. The van der Waals surface area contributed by atoms with E-state index in [0.717, 1.165) is 33.6 Å². The summed E-state index contributed by atoms with van der Waals surface area (Å²) in [5.74, 6) is 0.808. The molecule has 2 aromatic rings. The fourth-order valence-electron chi connectivity index (χ4n) is 2.07. The zero-order chi connectivity index (χ0) is 11.8. The molecule has 0 unspecified atom stereocenters. The van der Waals surface area contributed by atoms with E-state index in [1.165, 1.54) is 18.4 Å². The van der Waals surface area contributed by atoms with E-state index in [0.29, 0.717) is 0 Å². The number of nitrogens with zero attached hydrogens (tertiary/aromatic N) is 1. The van der Waals surface area contributed by atoms with Crippen LogP contribution in [0.25, 0.3) is 11.3 Å². The van der Waals surface area contributed by atoms with Crippen LogP contribution >= 0.6 is 11.3 Å². The van der Waals surface area contributed by atoms with Gasteiger partial charge in [0.15, 0.2) is 0 Å². The van der Waals surface area contributed by atoms with Crippen LogP contribution in [0.2, 0.25) is 0 Å². The molecule has 0 amide bonds. The Morgan fingerprint density at radius 2 is 2.00 bits per heavy atom. The van der Waals surface area contributed by atoms with Crippen LogP contribution in [-0.2, 0) is 6.42 Å². The zero-order valence-corrected chi connectivity index (χ0v) is 10.8. The van der Waals surface area contributed by atoms with E-state index in [1.54, 1.807) is 11.3 Å². The molecule has 2 nitrogen and oxygen atoms in total. The molecule has 0 saturated heterocycles. The number of anilines is 1. The average molecular weight is 244 g/mol. The number of nitrogens with two attached hydrogens (primary N) is 1. The van der Waals surface area contributed by atoms with Crippen LogP contribution in [0, 0.1) is 0 Å². The molecule has 0 spiro atoms. The number of nitrogen functional groups attached to an aromatic ring is 1.